The molecule has 240 valence electrons. The smallest absolute Gasteiger partial charge is 0.138 e. The minimum atomic E-state index is -1.44. The summed E-state index contributed by atoms with van der Waals surface area (Å²) in [4.78, 5) is 9.90. The van der Waals surface area contributed by atoms with Gasteiger partial charge >= 0.3 is 0 Å². The van der Waals surface area contributed by atoms with Crippen molar-refractivity contribution in [3.63, 3.8) is 0 Å². The van der Waals surface area contributed by atoms with Crippen molar-refractivity contribution >= 4 is 90.7 Å². The Bertz CT molecular complexity index is 2630. The zero-order chi connectivity index (χ0) is 33.8. The Labute approximate surface area is 294 Å². The zero-order valence-electron chi connectivity index (χ0n) is 28.5. The number of para-hydroxylation sites is 3. The number of aromatic nitrogens is 1. The first kappa shape index (κ1) is 30.1. The van der Waals surface area contributed by atoms with E-state index < -0.39 is 8.07 Å². The third-order valence-electron chi connectivity index (χ3n) is 9.93. The van der Waals surface area contributed by atoms with Gasteiger partial charge in [-0.3, -0.25) is 4.90 Å². The van der Waals surface area contributed by atoms with Gasteiger partial charge in [0, 0.05) is 33.2 Å². The molecule has 4 heteroatoms. The van der Waals surface area contributed by atoms with Crippen LogP contribution in [0.5, 0.6) is 0 Å². The van der Waals surface area contributed by atoms with Crippen molar-refractivity contribution in [2.24, 2.45) is 0 Å². The molecule has 0 N–H and O–H groups in total. The topological polar surface area (TPSA) is 19.4 Å². The third kappa shape index (κ3) is 5.08. The first-order chi connectivity index (χ1) is 24.4. The molecule has 0 fully saturated rings. The molecule has 0 bridgehead atoms. The van der Waals surface area contributed by atoms with Crippen LogP contribution in [0.3, 0.4) is 0 Å². The van der Waals surface area contributed by atoms with Gasteiger partial charge in [0.05, 0.1) is 25.0 Å². The molecule has 0 unspecified atom stereocenters. The molecule has 8 aromatic carbocycles. The second-order valence-corrected chi connectivity index (χ2v) is 19.2. The SMILES string of the molecule is C[Si](C)(C)c1ccc(N(c2ccccc2)c2ccc3ccc4c(N(c5ccccc5)c5ccc6ccccc6n5)ccc5ccc2c3c54)cc1. The fourth-order valence-electron chi connectivity index (χ4n) is 7.43. The molecule has 0 radical (unpaired) electrons. The Balaban J connectivity index is 1.29. The maximum absolute atomic E-state index is 5.18. The van der Waals surface area contributed by atoms with Crippen LogP contribution in [0.25, 0.3) is 43.2 Å². The van der Waals surface area contributed by atoms with Crippen molar-refractivity contribution < 1.29 is 0 Å². The first-order valence-electron chi connectivity index (χ1n) is 17.3. The molecule has 0 saturated heterocycles. The Morgan fingerprint density at radius 3 is 1.48 bits per heavy atom. The molecule has 9 aromatic rings. The Hall–Kier alpha value is -5.97. The monoisotopic (exact) mass is 659 g/mol. The van der Waals surface area contributed by atoms with Gasteiger partial charge in [0.25, 0.3) is 0 Å². The Kier molecular flexibility index (Phi) is 7.15. The van der Waals surface area contributed by atoms with Gasteiger partial charge in [-0.25, -0.2) is 4.98 Å². The van der Waals surface area contributed by atoms with Gasteiger partial charge in [0.1, 0.15) is 5.82 Å². The van der Waals surface area contributed by atoms with Crippen molar-refractivity contribution in [2.45, 2.75) is 19.6 Å². The van der Waals surface area contributed by atoms with Crippen LogP contribution in [-0.4, -0.2) is 13.1 Å². The van der Waals surface area contributed by atoms with Crippen LogP contribution in [0.2, 0.25) is 19.6 Å². The maximum atomic E-state index is 5.18. The average molecular weight is 660 g/mol. The maximum Gasteiger partial charge on any atom is 0.138 e. The lowest BCUT2D eigenvalue weighted by Crippen LogP contribution is -2.37. The number of hydrogen-bond acceptors (Lipinski definition) is 3. The molecule has 0 amide bonds. The molecule has 0 spiro atoms. The number of nitrogens with zero attached hydrogens (tertiary/aromatic N) is 3. The number of benzene rings is 8. The van der Waals surface area contributed by atoms with Gasteiger partial charge in [-0.05, 0) is 88.3 Å². The second-order valence-electron chi connectivity index (χ2n) is 14.1. The van der Waals surface area contributed by atoms with Crippen molar-refractivity contribution in [2.75, 3.05) is 9.80 Å². The fourth-order valence-corrected chi connectivity index (χ4v) is 8.59. The first-order valence-corrected chi connectivity index (χ1v) is 20.8. The summed E-state index contributed by atoms with van der Waals surface area (Å²) in [6.07, 6.45) is 0. The number of fused-ring (bicyclic) bond motifs is 1. The van der Waals surface area contributed by atoms with Crippen LogP contribution in [0, 0.1) is 0 Å². The largest absolute Gasteiger partial charge is 0.310 e. The van der Waals surface area contributed by atoms with E-state index in [1.807, 2.05) is 0 Å². The number of hydrogen-bond donors (Lipinski definition) is 0. The zero-order valence-corrected chi connectivity index (χ0v) is 29.5. The quantitative estimate of drug-likeness (QED) is 0.125. The highest BCUT2D eigenvalue weighted by Crippen LogP contribution is 2.47. The average Bonchev–Trinajstić information content (AvgIpc) is 3.15. The minimum absolute atomic E-state index is 0.891. The van der Waals surface area contributed by atoms with Gasteiger partial charge in [0.2, 0.25) is 0 Å². The molecule has 9 rings (SSSR count). The van der Waals surface area contributed by atoms with E-state index in [1.165, 1.54) is 43.2 Å². The van der Waals surface area contributed by atoms with Crippen molar-refractivity contribution in [1.82, 2.24) is 4.98 Å². The lowest BCUT2D eigenvalue weighted by atomic mass is 9.92. The standard InChI is InChI=1S/C46H37N3Si/c1-50(2,3)38-25-23-37(24-26-38)48(35-13-6-4-7-14-35)42-29-20-33-19-28-40-43(30-21-34-18-27-39(42)45(33)46(34)40)49(36-15-8-5-9-16-36)44-31-22-32-12-10-11-17-41(32)47-44/h4-31H,1-3H3. The molecule has 1 aromatic heterocycles. The lowest BCUT2D eigenvalue weighted by molar-refractivity contribution is 1.22. The van der Waals surface area contributed by atoms with E-state index in [1.54, 1.807) is 0 Å². The van der Waals surface area contributed by atoms with Crippen LogP contribution in [-0.2, 0) is 0 Å². The van der Waals surface area contributed by atoms with E-state index in [0.29, 0.717) is 0 Å². The van der Waals surface area contributed by atoms with Crippen molar-refractivity contribution in [3.8, 4) is 0 Å². The summed E-state index contributed by atoms with van der Waals surface area (Å²) >= 11 is 0. The van der Waals surface area contributed by atoms with E-state index in [0.717, 1.165) is 39.5 Å². The highest BCUT2D eigenvalue weighted by atomic mass is 28.3. The summed E-state index contributed by atoms with van der Waals surface area (Å²) in [5.41, 5.74) is 6.62. The normalized spacial score (nSPS) is 11.9. The minimum Gasteiger partial charge on any atom is -0.310 e. The fraction of sp³-hybridized carbons (Fsp3) is 0.0652. The van der Waals surface area contributed by atoms with Gasteiger partial charge in [-0.15, -0.1) is 0 Å². The Morgan fingerprint density at radius 2 is 0.880 bits per heavy atom. The van der Waals surface area contributed by atoms with Gasteiger partial charge < -0.3 is 4.90 Å². The molecule has 0 aliphatic heterocycles. The highest BCUT2D eigenvalue weighted by molar-refractivity contribution is 6.88. The third-order valence-corrected chi connectivity index (χ3v) is 12.0. The summed E-state index contributed by atoms with van der Waals surface area (Å²) in [6, 6.07) is 61.5. The predicted octanol–water partition coefficient (Wildman–Crippen LogP) is 12.6. The van der Waals surface area contributed by atoms with Gasteiger partial charge in [-0.2, -0.15) is 0 Å². The number of rotatable bonds is 7. The summed E-state index contributed by atoms with van der Waals surface area (Å²) in [5.74, 6) is 0.891. The molecule has 0 aliphatic rings. The van der Waals surface area contributed by atoms with E-state index >= 15 is 0 Å². The van der Waals surface area contributed by atoms with Crippen LogP contribution < -0.4 is 15.0 Å². The molecular weight excluding hydrogens is 623 g/mol. The van der Waals surface area contributed by atoms with Crippen LogP contribution >= 0.6 is 0 Å². The van der Waals surface area contributed by atoms with Gasteiger partial charge in [-0.1, -0.05) is 128 Å². The predicted molar refractivity (Wildman–Crippen MR) is 218 cm³/mol. The summed E-state index contributed by atoms with van der Waals surface area (Å²) in [6.45, 7) is 7.21. The van der Waals surface area contributed by atoms with Gasteiger partial charge in [0.15, 0.2) is 0 Å². The molecule has 0 aliphatic carbocycles. The van der Waals surface area contributed by atoms with Crippen molar-refractivity contribution in [1.29, 1.82) is 0 Å². The summed E-state index contributed by atoms with van der Waals surface area (Å²) in [7, 11) is -1.44. The second kappa shape index (κ2) is 11.9. The van der Waals surface area contributed by atoms with E-state index in [9.17, 15) is 0 Å². The molecule has 3 nitrogen and oxygen atoms in total. The number of pyridine rings is 1. The summed E-state index contributed by atoms with van der Waals surface area (Å²) in [5, 5.41) is 10.0. The van der Waals surface area contributed by atoms with Crippen LogP contribution in [0.15, 0.2) is 170 Å². The Morgan fingerprint density at radius 1 is 0.400 bits per heavy atom. The van der Waals surface area contributed by atoms with Crippen LogP contribution in [0.4, 0.5) is 34.3 Å². The molecular formula is C46H37N3Si. The van der Waals surface area contributed by atoms with Crippen molar-refractivity contribution in [3.05, 3.63) is 170 Å². The van der Waals surface area contributed by atoms with E-state index in [-0.39, 0.29) is 0 Å². The molecule has 0 saturated carbocycles. The lowest BCUT2D eigenvalue weighted by Gasteiger charge is -2.29. The summed E-state index contributed by atoms with van der Waals surface area (Å²) < 4.78 is 0. The van der Waals surface area contributed by atoms with Crippen LogP contribution in [0.1, 0.15) is 0 Å². The van der Waals surface area contributed by atoms with E-state index in [4.69, 9.17) is 4.98 Å². The number of anilines is 6. The highest BCUT2D eigenvalue weighted by Gasteiger charge is 2.23. The molecule has 50 heavy (non-hydrogen) atoms. The van der Waals surface area contributed by atoms with E-state index in [2.05, 4.69) is 199 Å². The molecule has 0 atom stereocenters. The molecule has 1 heterocycles.